The Kier molecular flexibility index (Phi) is 7.71. The second-order valence-corrected chi connectivity index (χ2v) is 14.7. The highest BCUT2D eigenvalue weighted by Crippen LogP contribution is 2.68. The van der Waals surface area contributed by atoms with Crippen LogP contribution in [-0.4, -0.2) is 40.5 Å². The molecule has 4 aliphatic rings. The fourth-order valence-electron chi connectivity index (χ4n) is 9.52. The van der Waals surface area contributed by atoms with Crippen LogP contribution in [0.2, 0.25) is 0 Å². The monoisotopic (exact) mass is 674 g/mol. The first kappa shape index (κ1) is 32.4. The summed E-state index contributed by atoms with van der Waals surface area (Å²) in [6.45, 7) is 6.56. The molecule has 8 rings (SSSR count). The van der Waals surface area contributed by atoms with Crippen molar-refractivity contribution in [3.05, 3.63) is 118 Å². The van der Waals surface area contributed by atoms with Crippen molar-refractivity contribution in [1.29, 1.82) is 5.26 Å². The highest BCUT2D eigenvalue weighted by molar-refractivity contribution is 5.89. The number of carbonyl (C=O) groups is 1. The highest BCUT2D eigenvalue weighted by Gasteiger charge is 2.71. The summed E-state index contributed by atoms with van der Waals surface area (Å²) < 4.78 is 32.1. The minimum absolute atomic E-state index is 0.0479. The Balaban J connectivity index is 1.21. The smallest absolute Gasteiger partial charge is 0.345 e. The van der Waals surface area contributed by atoms with Crippen molar-refractivity contribution < 1.29 is 33.3 Å². The van der Waals surface area contributed by atoms with Crippen molar-refractivity contribution in [2.75, 3.05) is 6.61 Å². The third-order valence-corrected chi connectivity index (χ3v) is 11.9. The number of rotatable bonds is 4. The number of ether oxygens (including phenoxy) is 4. The highest BCUT2D eigenvalue weighted by atomic mass is 16.7. The second kappa shape index (κ2) is 11.9. The standard InChI is InChI=1S/C40H38N2O8/c1-38-16-15-30-39(2,22-46-37(49-30)25-8-5-4-6-9-25)29(38)19-31(48-35(44)24-13-11-23(20-41)12-14-24)40(3)34(38)33(43)32-28(50-40)18-27(47-36(32)45)26-10-7-17-42-21-26/h4-14,17-18,21,29-31,33-34,37,43H,15-16,19,22H2,1-3H3/t29-,30+,31+,33+,34-,37?,38+,39+,40-/m1/s1. The Bertz CT molecular complexity index is 2030. The molecule has 0 spiro atoms. The van der Waals surface area contributed by atoms with Gasteiger partial charge in [0.15, 0.2) is 6.29 Å². The maximum Gasteiger partial charge on any atom is 0.345 e. The Morgan fingerprint density at radius 2 is 1.82 bits per heavy atom. The molecule has 10 nitrogen and oxygen atoms in total. The van der Waals surface area contributed by atoms with Crippen LogP contribution in [0.15, 0.2) is 94.4 Å². The summed E-state index contributed by atoms with van der Waals surface area (Å²) in [5.41, 5.74) is -0.763. The van der Waals surface area contributed by atoms with E-state index in [1.165, 1.54) is 0 Å². The van der Waals surface area contributed by atoms with E-state index in [1.807, 2.05) is 37.3 Å². The van der Waals surface area contributed by atoms with Gasteiger partial charge in [-0.05, 0) is 73.9 Å². The van der Waals surface area contributed by atoms with Gasteiger partial charge in [-0.25, -0.2) is 9.59 Å². The van der Waals surface area contributed by atoms with Gasteiger partial charge in [0.05, 0.1) is 36.0 Å². The molecular weight excluding hydrogens is 636 g/mol. The Morgan fingerprint density at radius 3 is 2.54 bits per heavy atom. The van der Waals surface area contributed by atoms with Gasteiger partial charge in [-0.3, -0.25) is 4.98 Å². The lowest BCUT2D eigenvalue weighted by molar-refractivity contribution is -0.330. The van der Waals surface area contributed by atoms with Gasteiger partial charge < -0.3 is 28.5 Å². The van der Waals surface area contributed by atoms with Crippen molar-refractivity contribution in [3.8, 4) is 23.1 Å². The van der Waals surface area contributed by atoms with Crippen LogP contribution in [-0.2, 0) is 14.2 Å². The summed E-state index contributed by atoms with van der Waals surface area (Å²) >= 11 is 0. The van der Waals surface area contributed by atoms with Crippen LogP contribution in [0.25, 0.3) is 11.3 Å². The van der Waals surface area contributed by atoms with E-state index in [0.29, 0.717) is 37.0 Å². The fourth-order valence-corrected chi connectivity index (χ4v) is 9.52. The third-order valence-electron chi connectivity index (χ3n) is 11.9. The summed E-state index contributed by atoms with van der Waals surface area (Å²) in [6.07, 6.45) is 2.18. The van der Waals surface area contributed by atoms with Gasteiger partial charge in [-0.1, -0.05) is 44.2 Å². The summed E-state index contributed by atoms with van der Waals surface area (Å²) in [6, 6.07) is 23.3. The number of nitriles is 1. The lowest BCUT2D eigenvalue weighted by atomic mass is 9.42. The largest absolute Gasteiger partial charge is 0.482 e. The lowest BCUT2D eigenvalue weighted by Crippen LogP contribution is -2.71. The van der Waals surface area contributed by atoms with Gasteiger partial charge in [0.2, 0.25) is 0 Å². The molecule has 1 N–H and O–H groups in total. The van der Waals surface area contributed by atoms with E-state index in [4.69, 9.17) is 23.4 Å². The SMILES string of the molecule is C[C@@]12COC(c3ccccc3)O[C@H]1CC[C@@]1(C)[C@H]2C[C@H](OC(=O)c2ccc(C#N)cc2)[C@@]2(C)Oc3cc(-c4cccnc4)oc(=O)c3[C@H](O)[C@H]12. The maximum absolute atomic E-state index is 13.8. The van der Waals surface area contributed by atoms with Crippen LogP contribution in [0.3, 0.4) is 0 Å². The zero-order valence-electron chi connectivity index (χ0n) is 28.1. The van der Waals surface area contributed by atoms with Crippen LogP contribution >= 0.6 is 0 Å². The third kappa shape index (κ3) is 4.98. The predicted molar refractivity (Wildman–Crippen MR) is 180 cm³/mol. The van der Waals surface area contributed by atoms with Gasteiger partial charge in [-0.15, -0.1) is 0 Å². The number of aliphatic hydroxyl groups excluding tert-OH is 1. The van der Waals surface area contributed by atoms with Crippen molar-refractivity contribution in [2.24, 2.45) is 22.7 Å². The van der Waals surface area contributed by atoms with Crippen LogP contribution < -0.4 is 10.4 Å². The topological polar surface area (TPSA) is 141 Å². The van der Waals surface area contributed by atoms with E-state index in [1.54, 1.807) is 54.9 Å². The first-order valence-corrected chi connectivity index (χ1v) is 17.0. The molecule has 256 valence electrons. The number of hydrogen-bond donors (Lipinski definition) is 1. The average Bonchev–Trinajstić information content (AvgIpc) is 3.12. The molecule has 2 aliphatic carbocycles. The molecule has 0 amide bonds. The molecule has 50 heavy (non-hydrogen) atoms. The number of benzene rings is 2. The molecule has 4 heterocycles. The Morgan fingerprint density at radius 1 is 1.04 bits per heavy atom. The summed E-state index contributed by atoms with van der Waals surface area (Å²) in [5.74, 6) is -0.976. The number of nitrogens with zero attached hydrogens (tertiary/aromatic N) is 2. The normalized spacial score (nSPS) is 34.1. The van der Waals surface area contributed by atoms with E-state index < -0.39 is 52.4 Å². The molecule has 1 saturated heterocycles. The van der Waals surface area contributed by atoms with E-state index in [0.717, 1.165) is 5.56 Å². The number of hydrogen-bond acceptors (Lipinski definition) is 10. The van der Waals surface area contributed by atoms with Crippen molar-refractivity contribution >= 4 is 5.97 Å². The van der Waals surface area contributed by atoms with Gasteiger partial charge in [-0.2, -0.15) is 5.26 Å². The molecule has 0 radical (unpaired) electrons. The zero-order valence-corrected chi connectivity index (χ0v) is 28.1. The van der Waals surface area contributed by atoms with Crippen molar-refractivity contribution in [2.45, 2.75) is 70.2 Å². The first-order valence-electron chi connectivity index (χ1n) is 17.0. The van der Waals surface area contributed by atoms with E-state index >= 15 is 0 Å². The second-order valence-electron chi connectivity index (χ2n) is 14.7. The first-order chi connectivity index (χ1) is 24.0. The van der Waals surface area contributed by atoms with E-state index in [-0.39, 0.29) is 34.7 Å². The molecule has 3 fully saturated rings. The molecule has 2 aromatic heterocycles. The van der Waals surface area contributed by atoms with Gasteiger partial charge in [0.1, 0.15) is 28.8 Å². The predicted octanol–water partition coefficient (Wildman–Crippen LogP) is 6.54. The van der Waals surface area contributed by atoms with Crippen LogP contribution in [0.4, 0.5) is 0 Å². The van der Waals surface area contributed by atoms with Crippen LogP contribution in [0.1, 0.15) is 79.5 Å². The van der Waals surface area contributed by atoms with E-state index in [2.05, 4.69) is 24.9 Å². The van der Waals surface area contributed by atoms with Crippen molar-refractivity contribution in [1.82, 2.24) is 4.98 Å². The fraction of sp³-hybridized carbons (Fsp3) is 0.400. The summed E-state index contributed by atoms with van der Waals surface area (Å²) in [5, 5.41) is 21.7. The van der Waals surface area contributed by atoms with Crippen LogP contribution in [0, 0.1) is 34.0 Å². The number of carbonyl (C=O) groups excluding carboxylic acids is 1. The molecule has 2 saturated carbocycles. The minimum atomic E-state index is -1.28. The molecule has 2 aromatic carbocycles. The number of esters is 1. The van der Waals surface area contributed by atoms with Gasteiger partial charge in [0, 0.05) is 40.9 Å². The summed E-state index contributed by atoms with van der Waals surface area (Å²) in [7, 11) is 0. The molecule has 0 bridgehead atoms. The quantitative estimate of drug-likeness (QED) is 0.237. The summed E-state index contributed by atoms with van der Waals surface area (Å²) in [4.78, 5) is 31.7. The Hall–Kier alpha value is -4.82. The maximum atomic E-state index is 13.8. The number of aliphatic hydroxyl groups is 1. The van der Waals surface area contributed by atoms with Gasteiger partial charge in [0.25, 0.3) is 0 Å². The zero-order chi connectivity index (χ0) is 34.8. The number of pyridine rings is 1. The van der Waals surface area contributed by atoms with Gasteiger partial charge >= 0.3 is 11.6 Å². The average molecular weight is 675 g/mol. The molecule has 4 aromatic rings. The molecular formula is C40H38N2O8. The van der Waals surface area contributed by atoms with Crippen molar-refractivity contribution in [3.63, 3.8) is 0 Å². The molecule has 9 atom stereocenters. The molecule has 10 heteroatoms. The minimum Gasteiger partial charge on any atom is -0.482 e. The van der Waals surface area contributed by atoms with Crippen LogP contribution in [0.5, 0.6) is 5.75 Å². The lowest BCUT2D eigenvalue weighted by Gasteiger charge is -2.67. The number of fused-ring (bicyclic) bond motifs is 6. The Labute approximate surface area is 289 Å². The van der Waals surface area contributed by atoms with E-state index in [9.17, 15) is 20.0 Å². The molecule has 1 unspecified atom stereocenters. The number of aromatic nitrogens is 1. The molecule has 2 aliphatic heterocycles.